The highest BCUT2D eigenvalue weighted by Gasteiger charge is 2.25. The first kappa shape index (κ1) is 10.6. The number of benzene rings is 1. The highest BCUT2D eigenvalue weighted by Crippen LogP contribution is 2.44. The van der Waals surface area contributed by atoms with Gasteiger partial charge in [0.1, 0.15) is 0 Å². The molecule has 16 heavy (non-hydrogen) atoms. The van der Waals surface area contributed by atoms with Crippen molar-refractivity contribution in [3.05, 3.63) is 28.2 Å². The second-order valence-corrected chi connectivity index (χ2v) is 5.43. The van der Waals surface area contributed by atoms with E-state index in [1.165, 1.54) is 28.6 Å². The van der Waals surface area contributed by atoms with E-state index in [1.807, 2.05) is 0 Å². The molecular formula is C13H16BrNO. The van der Waals surface area contributed by atoms with Crippen molar-refractivity contribution in [2.45, 2.75) is 18.8 Å². The van der Waals surface area contributed by atoms with Crippen LogP contribution in [0.15, 0.2) is 22.7 Å². The van der Waals surface area contributed by atoms with Gasteiger partial charge >= 0.3 is 0 Å². The maximum absolute atomic E-state index is 5.37. The molecule has 0 unspecified atom stereocenters. The average molecular weight is 282 g/mol. The third-order valence-electron chi connectivity index (χ3n) is 3.38. The molecule has 0 radical (unpaired) electrons. The minimum atomic E-state index is 0.813. The van der Waals surface area contributed by atoms with Crippen molar-refractivity contribution in [3.63, 3.8) is 0 Å². The first-order chi connectivity index (χ1) is 7.84. The average Bonchev–Trinajstić information content (AvgIpc) is 3.14. The second kappa shape index (κ2) is 4.38. The fourth-order valence-corrected chi connectivity index (χ4v) is 2.95. The zero-order valence-corrected chi connectivity index (χ0v) is 10.9. The predicted octanol–water partition coefficient (Wildman–Crippen LogP) is 3.16. The number of rotatable bonds is 2. The Bertz CT molecular complexity index is 384. The van der Waals surface area contributed by atoms with Crippen molar-refractivity contribution >= 4 is 21.6 Å². The van der Waals surface area contributed by atoms with E-state index in [0.717, 1.165) is 32.2 Å². The molecule has 2 fully saturated rings. The van der Waals surface area contributed by atoms with E-state index in [1.54, 1.807) is 0 Å². The number of anilines is 1. The monoisotopic (exact) mass is 281 g/mol. The number of nitrogens with zero attached hydrogens (tertiary/aromatic N) is 1. The van der Waals surface area contributed by atoms with E-state index < -0.39 is 0 Å². The van der Waals surface area contributed by atoms with Crippen molar-refractivity contribution < 1.29 is 4.74 Å². The van der Waals surface area contributed by atoms with Crippen LogP contribution in [0.4, 0.5) is 5.69 Å². The maximum atomic E-state index is 5.37. The third-order valence-corrected chi connectivity index (χ3v) is 4.06. The summed E-state index contributed by atoms with van der Waals surface area (Å²) >= 11 is 3.70. The van der Waals surface area contributed by atoms with Crippen molar-refractivity contribution in [1.29, 1.82) is 0 Å². The Hall–Kier alpha value is -0.540. The lowest BCUT2D eigenvalue weighted by Gasteiger charge is -2.29. The summed E-state index contributed by atoms with van der Waals surface area (Å²) in [6.45, 7) is 3.72. The van der Waals surface area contributed by atoms with Gasteiger partial charge in [-0.2, -0.15) is 0 Å². The predicted molar refractivity (Wildman–Crippen MR) is 69.1 cm³/mol. The molecule has 1 heterocycles. The van der Waals surface area contributed by atoms with Crippen molar-refractivity contribution in [1.82, 2.24) is 0 Å². The molecule has 1 aliphatic carbocycles. The number of hydrogen-bond acceptors (Lipinski definition) is 2. The van der Waals surface area contributed by atoms with Crippen LogP contribution in [0.5, 0.6) is 0 Å². The Morgan fingerprint density at radius 2 is 1.94 bits per heavy atom. The van der Waals surface area contributed by atoms with E-state index in [4.69, 9.17) is 4.74 Å². The first-order valence-electron chi connectivity index (χ1n) is 5.97. The first-order valence-corrected chi connectivity index (χ1v) is 6.76. The number of hydrogen-bond donors (Lipinski definition) is 0. The van der Waals surface area contributed by atoms with Crippen LogP contribution < -0.4 is 4.90 Å². The summed E-state index contributed by atoms with van der Waals surface area (Å²) in [5, 5.41) is 0. The van der Waals surface area contributed by atoms with Crippen LogP contribution in [0.1, 0.15) is 24.3 Å². The van der Waals surface area contributed by atoms with Crippen molar-refractivity contribution in [3.8, 4) is 0 Å². The fourth-order valence-electron chi connectivity index (χ4n) is 2.26. The Morgan fingerprint density at radius 3 is 2.56 bits per heavy atom. The molecule has 1 saturated carbocycles. The molecule has 3 heteroatoms. The highest BCUT2D eigenvalue weighted by molar-refractivity contribution is 9.10. The SMILES string of the molecule is Brc1cc(N2CCOCC2)ccc1C1CC1. The van der Waals surface area contributed by atoms with Crippen LogP contribution in [-0.2, 0) is 4.74 Å². The van der Waals surface area contributed by atoms with Crippen LogP contribution in [0.25, 0.3) is 0 Å². The van der Waals surface area contributed by atoms with Crippen LogP contribution in [0.2, 0.25) is 0 Å². The molecule has 3 rings (SSSR count). The van der Waals surface area contributed by atoms with E-state index in [9.17, 15) is 0 Å². The van der Waals surface area contributed by atoms with Crippen molar-refractivity contribution in [2.75, 3.05) is 31.2 Å². The van der Waals surface area contributed by atoms with Gasteiger partial charge in [-0.05, 0) is 36.5 Å². The van der Waals surface area contributed by atoms with E-state index in [-0.39, 0.29) is 0 Å². The normalized spacial score (nSPS) is 21.2. The fraction of sp³-hybridized carbons (Fsp3) is 0.538. The van der Waals surface area contributed by atoms with Gasteiger partial charge in [0, 0.05) is 23.2 Å². The second-order valence-electron chi connectivity index (χ2n) is 4.58. The van der Waals surface area contributed by atoms with Gasteiger partial charge in [0.25, 0.3) is 0 Å². The van der Waals surface area contributed by atoms with E-state index >= 15 is 0 Å². The number of halogens is 1. The largest absolute Gasteiger partial charge is 0.378 e. The maximum Gasteiger partial charge on any atom is 0.0642 e. The van der Waals surface area contributed by atoms with Crippen LogP contribution in [-0.4, -0.2) is 26.3 Å². The summed E-state index contributed by atoms with van der Waals surface area (Å²) in [6, 6.07) is 6.80. The number of morpholine rings is 1. The van der Waals surface area contributed by atoms with Gasteiger partial charge in [-0.1, -0.05) is 22.0 Å². The molecule has 1 aromatic rings. The molecular weight excluding hydrogens is 266 g/mol. The molecule has 0 amide bonds. The molecule has 0 N–H and O–H groups in total. The lowest BCUT2D eigenvalue weighted by atomic mass is 10.1. The standard InChI is InChI=1S/C13H16BrNO/c14-13-9-11(15-5-7-16-8-6-15)3-4-12(13)10-1-2-10/h3-4,9-10H,1-2,5-8H2. The van der Waals surface area contributed by atoms with E-state index in [2.05, 4.69) is 39.0 Å². The van der Waals surface area contributed by atoms with Crippen LogP contribution >= 0.6 is 15.9 Å². The number of ether oxygens (including phenoxy) is 1. The summed E-state index contributed by atoms with van der Waals surface area (Å²) < 4.78 is 6.65. The van der Waals surface area contributed by atoms with Crippen LogP contribution in [0, 0.1) is 0 Å². The highest BCUT2D eigenvalue weighted by atomic mass is 79.9. The third kappa shape index (κ3) is 2.11. The molecule has 0 bridgehead atoms. The molecule has 0 aromatic heterocycles. The Morgan fingerprint density at radius 1 is 1.19 bits per heavy atom. The van der Waals surface area contributed by atoms with Gasteiger partial charge in [0.15, 0.2) is 0 Å². The Kier molecular flexibility index (Phi) is 2.90. The Labute approximate surface area is 105 Å². The molecule has 2 aliphatic rings. The molecule has 0 spiro atoms. The summed E-state index contributed by atoms with van der Waals surface area (Å²) in [6.07, 6.45) is 2.71. The Balaban J connectivity index is 1.81. The van der Waals surface area contributed by atoms with E-state index in [0.29, 0.717) is 0 Å². The molecule has 1 aromatic carbocycles. The van der Waals surface area contributed by atoms with Gasteiger partial charge in [-0.15, -0.1) is 0 Å². The topological polar surface area (TPSA) is 12.5 Å². The van der Waals surface area contributed by atoms with Gasteiger partial charge in [0.2, 0.25) is 0 Å². The zero-order chi connectivity index (χ0) is 11.0. The van der Waals surface area contributed by atoms with Gasteiger partial charge < -0.3 is 9.64 Å². The summed E-state index contributed by atoms with van der Waals surface area (Å²) in [5.74, 6) is 0.813. The molecule has 1 saturated heterocycles. The molecule has 0 atom stereocenters. The molecule has 2 nitrogen and oxygen atoms in total. The van der Waals surface area contributed by atoms with Crippen molar-refractivity contribution in [2.24, 2.45) is 0 Å². The summed E-state index contributed by atoms with van der Waals surface area (Å²) in [7, 11) is 0. The molecule has 86 valence electrons. The van der Waals surface area contributed by atoms with Gasteiger partial charge in [-0.25, -0.2) is 0 Å². The lowest BCUT2D eigenvalue weighted by molar-refractivity contribution is 0.122. The minimum Gasteiger partial charge on any atom is -0.378 e. The van der Waals surface area contributed by atoms with Gasteiger partial charge in [-0.3, -0.25) is 0 Å². The quantitative estimate of drug-likeness (QED) is 0.826. The molecule has 1 aliphatic heterocycles. The summed E-state index contributed by atoms with van der Waals surface area (Å²) in [4.78, 5) is 2.39. The minimum absolute atomic E-state index is 0.813. The summed E-state index contributed by atoms with van der Waals surface area (Å²) in [5.41, 5.74) is 2.80. The lowest BCUT2D eigenvalue weighted by Crippen LogP contribution is -2.36. The van der Waals surface area contributed by atoms with Crippen LogP contribution in [0.3, 0.4) is 0 Å². The van der Waals surface area contributed by atoms with Gasteiger partial charge in [0.05, 0.1) is 13.2 Å². The smallest absolute Gasteiger partial charge is 0.0642 e. The zero-order valence-electron chi connectivity index (χ0n) is 9.29.